The Bertz CT molecular complexity index is 969. The van der Waals surface area contributed by atoms with Gasteiger partial charge < -0.3 is 16.0 Å². The molecule has 0 bridgehead atoms. The van der Waals surface area contributed by atoms with Gasteiger partial charge in [0, 0.05) is 43.0 Å². The maximum Gasteiger partial charge on any atom is 0.238 e. The number of anilines is 3. The van der Waals surface area contributed by atoms with Gasteiger partial charge in [-0.2, -0.15) is 0 Å². The first-order chi connectivity index (χ1) is 14.8. The van der Waals surface area contributed by atoms with E-state index in [9.17, 15) is 14.4 Å². The second kappa shape index (κ2) is 10.2. The van der Waals surface area contributed by atoms with Crippen molar-refractivity contribution >= 4 is 34.8 Å². The van der Waals surface area contributed by atoms with Crippen LogP contribution in [0.1, 0.15) is 37.3 Å². The summed E-state index contributed by atoms with van der Waals surface area (Å²) in [6.45, 7) is 6.19. The molecule has 1 aliphatic carbocycles. The van der Waals surface area contributed by atoms with E-state index in [1.54, 1.807) is 24.3 Å². The standard InChI is InChI=1S/C24H30N4O3/c1-16-7-8-17(2)22(13-16)27-24(31)15-28(21-9-10-21)12-11-23(30)26-20-6-4-5-19(14-20)25-18(3)29/h4-8,13-14,21H,9-12,15H2,1-3H3,(H,25,29)(H,26,30)(H,27,31). The number of rotatable bonds is 9. The first-order valence-corrected chi connectivity index (χ1v) is 10.6. The average Bonchev–Trinajstić information content (AvgIpc) is 3.53. The van der Waals surface area contributed by atoms with Crippen molar-refractivity contribution in [2.75, 3.05) is 29.0 Å². The molecule has 2 aromatic carbocycles. The Morgan fingerprint density at radius 2 is 1.65 bits per heavy atom. The minimum Gasteiger partial charge on any atom is -0.326 e. The number of amides is 3. The third-order valence-electron chi connectivity index (χ3n) is 5.17. The molecule has 0 aliphatic heterocycles. The lowest BCUT2D eigenvalue weighted by Gasteiger charge is -2.21. The van der Waals surface area contributed by atoms with E-state index in [0.29, 0.717) is 24.0 Å². The second-order valence-electron chi connectivity index (χ2n) is 8.13. The molecule has 1 saturated carbocycles. The fourth-order valence-electron chi connectivity index (χ4n) is 3.42. The summed E-state index contributed by atoms with van der Waals surface area (Å²) in [4.78, 5) is 38.3. The molecule has 0 aromatic heterocycles. The van der Waals surface area contributed by atoms with Crippen molar-refractivity contribution in [3.8, 4) is 0 Å². The van der Waals surface area contributed by atoms with Crippen molar-refractivity contribution < 1.29 is 14.4 Å². The molecule has 0 spiro atoms. The van der Waals surface area contributed by atoms with E-state index in [2.05, 4.69) is 20.9 Å². The number of nitrogens with zero attached hydrogens (tertiary/aromatic N) is 1. The van der Waals surface area contributed by atoms with Crippen LogP contribution in [0.25, 0.3) is 0 Å². The van der Waals surface area contributed by atoms with Gasteiger partial charge in [0.25, 0.3) is 0 Å². The van der Waals surface area contributed by atoms with Crippen molar-refractivity contribution in [1.82, 2.24) is 4.90 Å². The predicted molar refractivity (Wildman–Crippen MR) is 123 cm³/mol. The molecular formula is C24H30N4O3. The third kappa shape index (κ3) is 7.22. The van der Waals surface area contributed by atoms with Crippen molar-refractivity contribution in [2.24, 2.45) is 0 Å². The van der Waals surface area contributed by atoms with E-state index in [1.165, 1.54) is 6.92 Å². The molecule has 7 nitrogen and oxygen atoms in total. The van der Waals surface area contributed by atoms with Crippen LogP contribution in [0.4, 0.5) is 17.1 Å². The highest BCUT2D eigenvalue weighted by atomic mass is 16.2. The zero-order valence-electron chi connectivity index (χ0n) is 18.3. The molecule has 0 atom stereocenters. The molecule has 164 valence electrons. The van der Waals surface area contributed by atoms with E-state index < -0.39 is 0 Å². The molecule has 3 amide bonds. The van der Waals surface area contributed by atoms with Crippen LogP contribution in [0, 0.1) is 13.8 Å². The van der Waals surface area contributed by atoms with E-state index in [-0.39, 0.29) is 30.7 Å². The van der Waals surface area contributed by atoms with E-state index >= 15 is 0 Å². The first-order valence-electron chi connectivity index (χ1n) is 10.6. The zero-order chi connectivity index (χ0) is 22.4. The number of benzene rings is 2. The second-order valence-corrected chi connectivity index (χ2v) is 8.13. The molecule has 0 heterocycles. The van der Waals surface area contributed by atoms with Crippen molar-refractivity contribution in [1.29, 1.82) is 0 Å². The lowest BCUT2D eigenvalue weighted by molar-refractivity contribution is -0.119. The number of hydrogen-bond acceptors (Lipinski definition) is 4. The molecule has 1 fully saturated rings. The van der Waals surface area contributed by atoms with Crippen LogP contribution < -0.4 is 16.0 Å². The van der Waals surface area contributed by atoms with Gasteiger partial charge in [-0.3, -0.25) is 19.3 Å². The normalized spacial score (nSPS) is 13.0. The Hall–Kier alpha value is -3.19. The molecular weight excluding hydrogens is 392 g/mol. The number of carbonyl (C=O) groups excluding carboxylic acids is 3. The Balaban J connectivity index is 1.51. The summed E-state index contributed by atoms with van der Waals surface area (Å²) in [6.07, 6.45) is 2.39. The summed E-state index contributed by atoms with van der Waals surface area (Å²) in [5, 5.41) is 8.56. The quantitative estimate of drug-likeness (QED) is 0.575. The van der Waals surface area contributed by atoms with Crippen molar-refractivity contribution in [3.05, 3.63) is 53.6 Å². The lowest BCUT2D eigenvalue weighted by Crippen LogP contribution is -2.37. The molecule has 3 N–H and O–H groups in total. The van der Waals surface area contributed by atoms with Gasteiger partial charge in [0.2, 0.25) is 17.7 Å². The van der Waals surface area contributed by atoms with Crippen LogP contribution in [-0.2, 0) is 14.4 Å². The highest BCUT2D eigenvalue weighted by Crippen LogP contribution is 2.27. The van der Waals surface area contributed by atoms with E-state index in [4.69, 9.17) is 0 Å². The summed E-state index contributed by atoms with van der Waals surface area (Å²) in [5.41, 5.74) is 4.21. The van der Waals surface area contributed by atoms with Crippen LogP contribution in [-0.4, -0.2) is 41.8 Å². The highest BCUT2D eigenvalue weighted by molar-refractivity contribution is 5.94. The zero-order valence-corrected chi connectivity index (χ0v) is 18.3. The fraction of sp³-hybridized carbons (Fsp3) is 0.375. The van der Waals surface area contributed by atoms with Gasteiger partial charge in [0.05, 0.1) is 6.54 Å². The molecule has 1 aliphatic rings. The Kier molecular flexibility index (Phi) is 7.41. The van der Waals surface area contributed by atoms with Gasteiger partial charge in [0.15, 0.2) is 0 Å². The van der Waals surface area contributed by atoms with Crippen molar-refractivity contribution in [3.63, 3.8) is 0 Å². The largest absolute Gasteiger partial charge is 0.326 e. The molecule has 3 rings (SSSR count). The minimum atomic E-state index is -0.164. The summed E-state index contributed by atoms with van der Waals surface area (Å²) in [7, 11) is 0. The van der Waals surface area contributed by atoms with Gasteiger partial charge in [-0.15, -0.1) is 0 Å². The van der Waals surface area contributed by atoms with Gasteiger partial charge >= 0.3 is 0 Å². The summed E-state index contributed by atoms with van der Waals surface area (Å²) >= 11 is 0. The summed E-state index contributed by atoms with van der Waals surface area (Å²) < 4.78 is 0. The number of nitrogens with one attached hydrogen (secondary N) is 3. The van der Waals surface area contributed by atoms with E-state index in [1.807, 2.05) is 32.0 Å². The average molecular weight is 423 g/mol. The number of hydrogen-bond donors (Lipinski definition) is 3. The highest BCUT2D eigenvalue weighted by Gasteiger charge is 2.30. The molecule has 2 aromatic rings. The van der Waals surface area contributed by atoms with Crippen LogP contribution in [0.3, 0.4) is 0 Å². The third-order valence-corrected chi connectivity index (χ3v) is 5.17. The van der Waals surface area contributed by atoms with Crippen LogP contribution in [0.2, 0.25) is 0 Å². The Labute approximate surface area is 183 Å². The molecule has 31 heavy (non-hydrogen) atoms. The SMILES string of the molecule is CC(=O)Nc1cccc(NC(=O)CCN(CC(=O)Nc2cc(C)ccc2C)C2CC2)c1. The maximum atomic E-state index is 12.6. The number of carbonyl (C=O) groups is 3. The summed E-state index contributed by atoms with van der Waals surface area (Å²) in [5.74, 6) is -0.354. The van der Waals surface area contributed by atoms with Gasteiger partial charge in [0.1, 0.15) is 0 Å². The van der Waals surface area contributed by atoms with Crippen LogP contribution in [0.5, 0.6) is 0 Å². The number of aryl methyl sites for hydroxylation is 2. The van der Waals surface area contributed by atoms with Crippen LogP contribution in [0.15, 0.2) is 42.5 Å². The smallest absolute Gasteiger partial charge is 0.238 e. The van der Waals surface area contributed by atoms with E-state index in [0.717, 1.165) is 29.7 Å². The maximum absolute atomic E-state index is 12.6. The Morgan fingerprint density at radius 1 is 0.935 bits per heavy atom. The molecule has 0 radical (unpaired) electrons. The van der Waals surface area contributed by atoms with Gasteiger partial charge in [-0.25, -0.2) is 0 Å². The molecule has 7 heteroatoms. The fourth-order valence-corrected chi connectivity index (χ4v) is 3.42. The predicted octanol–water partition coefficient (Wildman–Crippen LogP) is 3.69. The van der Waals surface area contributed by atoms with Crippen LogP contribution >= 0.6 is 0 Å². The molecule has 0 unspecified atom stereocenters. The summed E-state index contributed by atoms with van der Waals surface area (Å²) in [6, 6.07) is 13.4. The lowest BCUT2D eigenvalue weighted by atomic mass is 10.1. The topological polar surface area (TPSA) is 90.5 Å². The minimum absolute atomic E-state index is 0.0657. The van der Waals surface area contributed by atoms with Gasteiger partial charge in [-0.05, 0) is 62.1 Å². The Morgan fingerprint density at radius 3 is 2.32 bits per heavy atom. The monoisotopic (exact) mass is 422 g/mol. The first kappa shape index (κ1) is 22.5. The van der Waals surface area contributed by atoms with Gasteiger partial charge in [-0.1, -0.05) is 18.2 Å². The molecule has 0 saturated heterocycles. The van der Waals surface area contributed by atoms with Crippen molar-refractivity contribution in [2.45, 2.75) is 46.1 Å².